The van der Waals surface area contributed by atoms with Crippen molar-refractivity contribution in [1.29, 1.82) is 0 Å². The molecule has 0 aliphatic carbocycles. The molecular weight excluding hydrogens is 262 g/mol. The molecule has 0 fully saturated rings. The van der Waals surface area contributed by atoms with Crippen LogP contribution in [0, 0.1) is 0 Å². The summed E-state index contributed by atoms with van der Waals surface area (Å²) in [6.45, 7) is 3.59. The Hall–Kier alpha value is -0.190. The first-order valence-corrected chi connectivity index (χ1v) is 6.06. The lowest BCUT2D eigenvalue weighted by Crippen LogP contribution is -2.21. The summed E-state index contributed by atoms with van der Waals surface area (Å²) < 4.78 is 0.978. The van der Waals surface area contributed by atoms with E-state index in [2.05, 4.69) is 15.9 Å². The monoisotopic (exact) mass is 275 g/mol. The molecular formula is C10H14BrNOS. The highest BCUT2D eigenvalue weighted by Gasteiger charge is 2.13. The van der Waals surface area contributed by atoms with E-state index in [9.17, 15) is 5.11 Å². The Labute approximate surface area is 97.0 Å². The Balaban J connectivity index is 2.68. The number of halogens is 1. The van der Waals surface area contributed by atoms with Crippen LogP contribution in [0.1, 0.15) is 13.8 Å². The zero-order valence-electron chi connectivity index (χ0n) is 8.25. The predicted molar refractivity (Wildman–Crippen MR) is 65.6 cm³/mol. The molecule has 0 aliphatic rings. The van der Waals surface area contributed by atoms with E-state index < -0.39 is 5.60 Å². The fourth-order valence-electron chi connectivity index (χ4n) is 0.889. The Morgan fingerprint density at radius 2 is 2.14 bits per heavy atom. The summed E-state index contributed by atoms with van der Waals surface area (Å²) in [7, 11) is 0. The normalized spacial score (nSPS) is 11.7. The van der Waals surface area contributed by atoms with Gasteiger partial charge in [-0.15, -0.1) is 11.8 Å². The minimum absolute atomic E-state index is 0.647. The van der Waals surface area contributed by atoms with Crippen LogP contribution >= 0.6 is 27.7 Å². The molecule has 0 unspecified atom stereocenters. The number of nitrogens with two attached hydrogens (primary N) is 1. The molecule has 4 heteroatoms. The summed E-state index contributed by atoms with van der Waals surface area (Å²) in [6.07, 6.45) is 0. The van der Waals surface area contributed by atoms with Crippen LogP contribution in [0.4, 0.5) is 5.69 Å². The molecule has 0 amide bonds. The molecule has 2 nitrogen and oxygen atoms in total. The molecule has 14 heavy (non-hydrogen) atoms. The smallest absolute Gasteiger partial charge is 0.0685 e. The summed E-state index contributed by atoms with van der Waals surface area (Å²) >= 11 is 5.04. The fourth-order valence-corrected chi connectivity index (χ4v) is 2.50. The van der Waals surface area contributed by atoms with Gasteiger partial charge in [-0.3, -0.25) is 0 Å². The van der Waals surface area contributed by atoms with Crippen molar-refractivity contribution >= 4 is 33.4 Å². The summed E-state index contributed by atoms with van der Waals surface area (Å²) in [5.74, 6) is 0.662. The average Bonchev–Trinajstić information content (AvgIpc) is 2.00. The van der Waals surface area contributed by atoms with E-state index >= 15 is 0 Å². The van der Waals surface area contributed by atoms with Crippen LogP contribution in [0.3, 0.4) is 0 Å². The number of aliphatic hydroxyl groups is 1. The zero-order valence-corrected chi connectivity index (χ0v) is 10.7. The maximum atomic E-state index is 9.56. The largest absolute Gasteiger partial charge is 0.399 e. The standard InChI is InChI=1S/C10H14BrNOS/c1-10(2,13)6-14-9-4-3-7(12)5-8(9)11/h3-5,13H,6,12H2,1-2H3. The Morgan fingerprint density at radius 1 is 1.50 bits per heavy atom. The molecule has 0 atom stereocenters. The fraction of sp³-hybridized carbons (Fsp3) is 0.400. The number of rotatable bonds is 3. The summed E-state index contributed by atoms with van der Waals surface area (Å²) in [5.41, 5.74) is 5.71. The predicted octanol–water partition coefficient (Wildman–Crippen LogP) is 2.89. The van der Waals surface area contributed by atoms with E-state index in [-0.39, 0.29) is 0 Å². The number of hydrogen-bond donors (Lipinski definition) is 2. The highest BCUT2D eigenvalue weighted by Crippen LogP contribution is 2.30. The van der Waals surface area contributed by atoms with Crippen LogP contribution < -0.4 is 5.73 Å². The Bertz CT molecular complexity index is 322. The van der Waals surface area contributed by atoms with Gasteiger partial charge >= 0.3 is 0 Å². The van der Waals surface area contributed by atoms with Crippen LogP contribution in [0.25, 0.3) is 0 Å². The first-order chi connectivity index (χ1) is 6.38. The Morgan fingerprint density at radius 3 is 2.64 bits per heavy atom. The van der Waals surface area contributed by atoms with Crippen LogP contribution in [-0.4, -0.2) is 16.5 Å². The van der Waals surface area contributed by atoms with E-state index in [0.29, 0.717) is 5.75 Å². The number of thioether (sulfide) groups is 1. The van der Waals surface area contributed by atoms with Gasteiger partial charge < -0.3 is 10.8 Å². The molecule has 1 rings (SSSR count). The summed E-state index contributed by atoms with van der Waals surface area (Å²) in [5, 5.41) is 9.56. The number of benzene rings is 1. The van der Waals surface area contributed by atoms with Gasteiger partial charge in [-0.25, -0.2) is 0 Å². The second-order valence-corrected chi connectivity index (χ2v) is 5.66. The third-order valence-corrected chi connectivity index (χ3v) is 3.97. The molecule has 3 N–H and O–H groups in total. The first kappa shape index (κ1) is 11.9. The minimum atomic E-state index is -0.647. The quantitative estimate of drug-likeness (QED) is 0.659. The number of hydrogen-bond acceptors (Lipinski definition) is 3. The lowest BCUT2D eigenvalue weighted by molar-refractivity contribution is 0.107. The van der Waals surface area contributed by atoms with Gasteiger partial charge in [-0.2, -0.15) is 0 Å². The average molecular weight is 276 g/mol. The molecule has 0 aromatic heterocycles. The molecule has 0 bridgehead atoms. The maximum absolute atomic E-state index is 9.56. The first-order valence-electron chi connectivity index (χ1n) is 4.29. The molecule has 0 radical (unpaired) electrons. The van der Waals surface area contributed by atoms with Gasteiger partial charge in [0.05, 0.1) is 5.60 Å². The van der Waals surface area contributed by atoms with Crippen molar-refractivity contribution in [3.05, 3.63) is 22.7 Å². The number of nitrogen functional groups attached to an aromatic ring is 1. The summed E-state index contributed by atoms with van der Waals surface area (Å²) in [6, 6.07) is 5.68. The van der Waals surface area contributed by atoms with E-state index in [1.807, 2.05) is 18.2 Å². The molecule has 0 saturated heterocycles. The van der Waals surface area contributed by atoms with Crippen LogP contribution in [0.15, 0.2) is 27.6 Å². The van der Waals surface area contributed by atoms with E-state index in [4.69, 9.17) is 5.73 Å². The molecule has 78 valence electrons. The van der Waals surface area contributed by atoms with Crippen molar-refractivity contribution in [3.63, 3.8) is 0 Å². The van der Waals surface area contributed by atoms with Crippen molar-refractivity contribution in [2.75, 3.05) is 11.5 Å². The van der Waals surface area contributed by atoms with E-state index in [0.717, 1.165) is 15.1 Å². The van der Waals surface area contributed by atoms with Crippen molar-refractivity contribution in [1.82, 2.24) is 0 Å². The summed E-state index contributed by atoms with van der Waals surface area (Å²) in [4.78, 5) is 1.10. The molecule has 0 aliphatic heterocycles. The zero-order chi connectivity index (χ0) is 10.8. The second-order valence-electron chi connectivity index (χ2n) is 3.79. The van der Waals surface area contributed by atoms with Gasteiger partial charge in [0.1, 0.15) is 0 Å². The lowest BCUT2D eigenvalue weighted by atomic mass is 10.2. The molecule has 0 saturated carbocycles. The van der Waals surface area contributed by atoms with Crippen molar-refractivity contribution in [2.24, 2.45) is 0 Å². The molecule has 1 aromatic carbocycles. The topological polar surface area (TPSA) is 46.2 Å². The van der Waals surface area contributed by atoms with Crippen LogP contribution in [0.5, 0.6) is 0 Å². The SMILES string of the molecule is CC(C)(O)CSc1ccc(N)cc1Br. The second kappa shape index (κ2) is 4.55. The third-order valence-electron chi connectivity index (χ3n) is 1.54. The van der Waals surface area contributed by atoms with Gasteiger partial charge in [-0.1, -0.05) is 0 Å². The van der Waals surface area contributed by atoms with Crippen LogP contribution in [-0.2, 0) is 0 Å². The van der Waals surface area contributed by atoms with Crippen molar-refractivity contribution < 1.29 is 5.11 Å². The minimum Gasteiger partial charge on any atom is -0.399 e. The highest BCUT2D eigenvalue weighted by molar-refractivity contribution is 9.10. The third kappa shape index (κ3) is 3.90. The molecule has 0 heterocycles. The van der Waals surface area contributed by atoms with Gasteiger partial charge in [0.25, 0.3) is 0 Å². The lowest BCUT2D eigenvalue weighted by Gasteiger charge is -2.16. The molecule has 0 spiro atoms. The maximum Gasteiger partial charge on any atom is 0.0685 e. The van der Waals surface area contributed by atoms with Crippen molar-refractivity contribution in [3.8, 4) is 0 Å². The molecule has 1 aromatic rings. The van der Waals surface area contributed by atoms with Gasteiger partial charge in [0.2, 0.25) is 0 Å². The number of anilines is 1. The van der Waals surface area contributed by atoms with E-state index in [1.165, 1.54) is 0 Å². The van der Waals surface area contributed by atoms with E-state index in [1.54, 1.807) is 25.6 Å². The van der Waals surface area contributed by atoms with Crippen LogP contribution in [0.2, 0.25) is 0 Å². The van der Waals surface area contributed by atoms with Gasteiger partial charge in [0.15, 0.2) is 0 Å². The Kier molecular flexibility index (Phi) is 3.86. The van der Waals surface area contributed by atoms with Gasteiger partial charge in [0, 0.05) is 20.8 Å². The van der Waals surface area contributed by atoms with Gasteiger partial charge in [-0.05, 0) is 48.0 Å². The highest BCUT2D eigenvalue weighted by atomic mass is 79.9. The van der Waals surface area contributed by atoms with Crippen molar-refractivity contribution in [2.45, 2.75) is 24.3 Å².